The third kappa shape index (κ3) is 5.43. The largest absolute Gasteiger partial charge is 0.496 e. The van der Waals surface area contributed by atoms with E-state index in [0.29, 0.717) is 57.5 Å². The minimum atomic E-state index is -0.614. The summed E-state index contributed by atoms with van der Waals surface area (Å²) in [5.74, 6) is 2.02. The number of methoxy groups -OCH3 is 3. The zero-order chi connectivity index (χ0) is 30.8. The summed E-state index contributed by atoms with van der Waals surface area (Å²) < 4.78 is 39.6. The van der Waals surface area contributed by atoms with E-state index in [0.717, 1.165) is 5.56 Å². The van der Waals surface area contributed by atoms with Gasteiger partial charge in [-0.2, -0.15) is 0 Å². The number of benzene rings is 4. The first kappa shape index (κ1) is 28.4. The maximum absolute atomic E-state index is 13.4. The molecule has 9 nitrogen and oxygen atoms in total. The van der Waals surface area contributed by atoms with Gasteiger partial charge in [0.2, 0.25) is 5.78 Å². The summed E-state index contributed by atoms with van der Waals surface area (Å²) in [4.78, 5) is 26.5. The molecular formula is C35H28O9. The van der Waals surface area contributed by atoms with E-state index in [4.69, 9.17) is 32.8 Å². The second-order valence-corrected chi connectivity index (χ2v) is 9.90. The zero-order valence-electron chi connectivity index (χ0n) is 24.5. The number of hydrogen-bond acceptors (Lipinski definition) is 9. The fourth-order valence-corrected chi connectivity index (χ4v) is 4.98. The van der Waals surface area contributed by atoms with E-state index in [1.807, 2.05) is 30.3 Å². The number of allylic oxidation sites excluding steroid dienone is 1. The van der Waals surface area contributed by atoms with Crippen LogP contribution in [0.25, 0.3) is 17.0 Å². The Morgan fingerprint density at radius 1 is 0.818 bits per heavy atom. The smallest absolute Gasteiger partial charge is 0.347 e. The Hall–Kier alpha value is -5.70. The Bertz CT molecular complexity index is 1920. The van der Waals surface area contributed by atoms with Crippen LogP contribution in [0.3, 0.4) is 0 Å². The first-order valence-electron chi connectivity index (χ1n) is 13.7. The molecule has 1 aromatic heterocycles. The highest BCUT2D eigenvalue weighted by atomic mass is 16.5. The molecule has 5 aromatic rings. The Kier molecular flexibility index (Phi) is 7.68. The van der Waals surface area contributed by atoms with E-state index in [1.54, 1.807) is 55.5 Å². The molecular weight excluding hydrogens is 564 g/mol. The summed E-state index contributed by atoms with van der Waals surface area (Å²) in [5.41, 5.74) is 2.73. The van der Waals surface area contributed by atoms with Crippen molar-refractivity contribution in [2.45, 2.75) is 13.5 Å². The third-order valence-corrected chi connectivity index (χ3v) is 7.16. The molecule has 0 amide bonds. The van der Waals surface area contributed by atoms with Crippen LogP contribution >= 0.6 is 0 Å². The Balaban J connectivity index is 1.23. The molecule has 0 spiro atoms. The second kappa shape index (κ2) is 11.9. The summed E-state index contributed by atoms with van der Waals surface area (Å²) in [6.07, 6.45) is 1.56. The summed E-state index contributed by atoms with van der Waals surface area (Å²) >= 11 is 0. The standard InChI is InChI=1S/C35H28O9/c1-20-33(26-16-23(11-13-27(26)42-20)41-19-21-8-6-5-7-9-21)35(37)43-24-10-12-25-29(17-24)44-32(34(25)36)15-22-14-30(39-3)31(40-4)18-28(22)38-2/h5-18H,19H2,1-4H3. The van der Waals surface area contributed by atoms with E-state index in [9.17, 15) is 9.59 Å². The minimum absolute atomic E-state index is 0.0775. The molecule has 0 fully saturated rings. The van der Waals surface area contributed by atoms with Crippen LogP contribution in [0.1, 0.15) is 37.6 Å². The van der Waals surface area contributed by atoms with Crippen molar-refractivity contribution in [3.05, 3.63) is 113 Å². The predicted molar refractivity (Wildman–Crippen MR) is 162 cm³/mol. The number of rotatable bonds is 9. The molecule has 6 rings (SSSR count). The summed E-state index contributed by atoms with van der Waals surface area (Å²) in [5, 5.41) is 0.569. The molecule has 0 saturated carbocycles. The molecule has 1 aliphatic rings. The normalized spacial score (nSPS) is 13.0. The number of furan rings is 1. The molecule has 0 aliphatic carbocycles. The Morgan fingerprint density at radius 3 is 2.30 bits per heavy atom. The van der Waals surface area contributed by atoms with Gasteiger partial charge in [-0.15, -0.1) is 0 Å². The van der Waals surface area contributed by atoms with Gasteiger partial charge < -0.3 is 32.8 Å². The molecule has 9 heteroatoms. The van der Waals surface area contributed by atoms with Gasteiger partial charge >= 0.3 is 5.97 Å². The average molecular weight is 593 g/mol. The van der Waals surface area contributed by atoms with Crippen molar-refractivity contribution in [3.63, 3.8) is 0 Å². The van der Waals surface area contributed by atoms with E-state index in [-0.39, 0.29) is 28.6 Å². The second-order valence-electron chi connectivity index (χ2n) is 9.90. The fourth-order valence-electron chi connectivity index (χ4n) is 4.98. The van der Waals surface area contributed by atoms with Gasteiger partial charge in [0.05, 0.1) is 26.9 Å². The molecule has 0 atom stereocenters. The molecule has 1 aliphatic heterocycles. The molecule has 4 aromatic carbocycles. The van der Waals surface area contributed by atoms with Gasteiger partial charge in [-0.1, -0.05) is 30.3 Å². The topological polar surface area (TPSA) is 103 Å². The SMILES string of the molecule is COc1cc(OC)c(OC)cc1C=C1Oc2cc(OC(=O)c3c(C)oc4ccc(OCc5ccccc5)cc34)ccc2C1=O. The van der Waals surface area contributed by atoms with Gasteiger partial charge in [-0.3, -0.25) is 4.79 Å². The quantitative estimate of drug-likeness (QED) is 0.100. The van der Waals surface area contributed by atoms with Gasteiger partial charge in [0.15, 0.2) is 17.3 Å². The maximum Gasteiger partial charge on any atom is 0.347 e. The monoisotopic (exact) mass is 592 g/mol. The van der Waals surface area contributed by atoms with Gasteiger partial charge in [0.25, 0.3) is 0 Å². The van der Waals surface area contributed by atoms with Crippen molar-refractivity contribution >= 4 is 28.8 Å². The molecule has 2 heterocycles. The van der Waals surface area contributed by atoms with Crippen LogP contribution in [0.4, 0.5) is 0 Å². The number of hydrogen-bond donors (Lipinski definition) is 0. The summed E-state index contributed by atoms with van der Waals surface area (Å²) in [6.45, 7) is 2.08. The number of aryl methyl sites for hydroxylation is 1. The van der Waals surface area contributed by atoms with Crippen LogP contribution in [0.2, 0.25) is 0 Å². The molecule has 0 unspecified atom stereocenters. The van der Waals surface area contributed by atoms with E-state index < -0.39 is 5.97 Å². The lowest BCUT2D eigenvalue weighted by molar-refractivity contribution is 0.0734. The van der Waals surface area contributed by atoms with Crippen molar-refractivity contribution in [3.8, 4) is 34.5 Å². The molecule has 44 heavy (non-hydrogen) atoms. The number of carbonyl (C=O) groups excluding carboxylic acids is 2. The highest BCUT2D eigenvalue weighted by Crippen LogP contribution is 2.39. The first-order chi connectivity index (χ1) is 21.4. The Morgan fingerprint density at radius 2 is 1.55 bits per heavy atom. The summed E-state index contributed by atoms with van der Waals surface area (Å²) in [7, 11) is 4.55. The maximum atomic E-state index is 13.4. The molecule has 0 radical (unpaired) electrons. The van der Waals surface area contributed by atoms with Gasteiger partial charge in [0.1, 0.15) is 46.5 Å². The van der Waals surface area contributed by atoms with E-state index in [2.05, 4.69) is 0 Å². The predicted octanol–water partition coefficient (Wildman–Crippen LogP) is 7.18. The number of esters is 1. The number of ether oxygens (including phenoxy) is 6. The van der Waals surface area contributed by atoms with Crippen LogP contribution < -0.4 is 28.4 Å². The van der Waals surface area contributed by atoms with Crippen molar-refractivity contribution in [1.29, 1.82) is 0 Å². The lowest BCUT2D eigenvalue weighted by Gasteiger charge is -2.12. The van der Waals surface area contributed by atoms with Gasteiger partial charge in [-0.25, -0.2) is 4.79 Å². The third-order valence-electron chi connectivity index (χ3n) is 7.16. The van der Waals surface area contributed by atoms with Crippen LogP contribution in [-0.4, -0.2) is 33.1 Å². The van der Waals surface area contributed by atoms with Crippen molar-refractivity contribution in [1.82, 2.24) is 0 Å². The van der Waals surface area contributed by atoms with Crippen molar-refractivity contribution in [2.75, 3.05) is 21.3 Å². The molecule has 0 N–H and O–H groups in total. The van der Waals surface area contributed by atoms with Crippen LogP contribution in [0.15, 0.2) is 89.0 Å². The minimum Gasteiger partial charge on any atom is -0.496 e. The van der Waals surface area contributed by atoms with Crippen LogP contribution in [0, 0.1) is 6.92 Å². The molecule has 0 saturated heterocycles. The lowest BCUT2D eigenvalue weighted by atomic mass is 10.1. The van der Waals surface area contributed by atoms with Crippen molar-refractivity contribution < 1.29 is 42.4 Å². The molecule has 0 bridgehead atoms. The number of fused-ring (bicyclic) bond motifs is 2. The zero-order valence-corrected chi connectivity index (χ0v) is 24.5. The van der Waals surface area contributed by atoms with Crippen molar-refractivity contribution in [2.24, 2.45) is 0 Å². The fraction of sp³-hybridized carbons (Fsp3) is 0.143. The van der Waals surface area contributed by atoms with E-state index in [1.165, 1.54) is 27.4 Å². The van der Waals surface area contributed by atoms with Gasteiger partial charge in [-0.05, 0) is 55.0 Å². The Labute approximate surface area is 253 Å². The summed E-state index contributed by atoms with van der Waals surface area (Å²) in [6, 6.07) is 23.1. The highest BCUT2D eigenvalue weighted by molar-refractivity contribution is 6.15. The highest BCUT2D eigenvalue weighted by Gasteiger charge is 2.29. The van der Waals surface area contributed by atoms with E-state index >= 15 is 0 Å². The van der Waals surface area contributed by atoms with Crippen LogP contribution in [0.5, 0.6) is 34.5 Å². The number of carbonyl (C=O) groups is 2. The van der Waals surface area contributed by atoms with Gasteiger partial charge in [0, 0.05) is 23.1 Å². The van der Waals surface area contributed by atoms with Crippen LogP contribution in [-0.2, 0) is 6.61 Å². The molecule has 222 valence electrons. The lowest BCUT2D eigenvalue weighted by Crippen LogP contribution is -2.09. The number of Topliss-reactive ketones (excluding diaryl/α,β-unsaturated/α-hetero) is 1. The average Bonchev–Trinajstić information content (AvgIpc) is 3.54. The first-order valence-corrected chi connectivity index (χ1v) is 13.7. The number of ketones is 1.